The molecule has 1 aliphatic heterocycles. The van der Waals surface area contributed by atoms with Crippen molar-refractivity contribution in [2.75, 3.05) is 6.54 Å². The molecule has 6 heteroatoms. The highest BCUT2D eigenvalue weighted by Crippen LogP contribution is 2.38. The van der Waals surface area contributed by atoms with Crippen LogP contribution in [0, 0.1) is 5.92 Å². The lowest BCUT2D eigenvalue weighted by atomic mass is 9.86. The molecule has 0 N–H and O–H groups in total. The Balaban J connectivity index is 1.85. The number of aromatic nitrogens is 2. The van der Waals surface area contributed by atoms with Crippen molar-refractivity contribution in [1.29, 1.82) is 0 Å². The van der Waals surface area contributed by atoms with Crippen molar-refractivity contribution in [2.24, 2.45) is 5.92 Å². The van der Waals surface area contributed by atoms with E-state index in [0.717, 1.165) is 25.7 Å². The van der Waals surface area contributed by atoms with Gasteiger partial charge in [0.25, 0.3) is 10.0 Å². The Kier molecular flexibility index (Phi) is 4.10. The van der Waals surface area contributed by atoms with Crippen molar-refractivity contribution < 1.29 is 8.42 Å². The molecule has 1 saturated carbocycles. The number of imidazole rings is 1. The number of hydrogen-bond acceptors (Lipinski definition) is 3. The minimum Gasteiger partial charge on any atom is -0.333 e. The maximum Gasteiger partial charge on any atom is 0.262 e. The van der Waals surface area contributed by atoms with Crippen molar-refractivity contribution in [3.8, 4) is 0 Å². The number of nitrogens with zero attached hydrogens (tertiary/aromatic N) is 3. The summed E-state index contributed by atoms with van der Waals surface area (Å²) in [5.41, 5.74) is 0. The van der Waals surface area contributed by atoms with Gasteiger partial charge in [-0.3, -0.25) is 0 Å². The van der Waals surface area contributed by atoms with Crippen LogP contribution in [0.15, 0.2) is 17.6 Å². The fourth-order valence-electron chi connectivity index (χ4n) is 3.68. The number of sulfonamides is 1. The maximum atomic E-state index is 12.9. The molecule has 1 aliphatic carbocycles. The van der Waals surface area contributed by atoms with Crippen molar-refractivity contribution >= 4 is 10.0 Å². The molecule has 0 aromatic carbocycles. The van der Waals surface area contributed by atoms with Crippen LogP contribution in [-0.4, -0.2) is 34.9 Å². The zero-order valence-electron chi connectivity index (χ0n) is 12.9. The van der Waals surface area contributed by atoms with Crippen LogP contribution >= 0.6 is 0 Å². The van der Waals surface area contributed by atoms with Gasteiger partial charge in [-0.05, 0) is 38.5 Å². The lowest BCUT2D eigenvalue weighted by molar-refractivity contribution is 0.260. The van der Waals surface area contributed by atoms with E-state index in [-0.39, 0.29) is 17.1 Å². The predicted molar refractivity (Wildman–Crippen MR) is 81.5 cm³/mol. The fourth-order valence-corrected chi connectivity index (χ4v) is 5.34. The number of hydrogen-bond donors (Lipinski definition) is 0. The molecule has 0 unspecified atom stereocenters. The SMILES string of the molecule is CC[C@H](C)n1cnc(S(=O)(=O)N2CC[C@H]3CCCC[C@@H]32)c1. The molecule has 1 aromatic rings. The first-order valence-corrected chi connectivity index (χ1v) is 9.53. The molecule has 1 aromatic heterocycles. The highest BCUT2D eigenvalue weighted by atomic mass is 32.2. The Bertz CT molecular complexity index is 596. The number of fused-ring (bicyclic) bond motifs is 1. The molecular formula is C15H25N3O2S. The van der Waals surface area contributed by atoms with E-state index in [1.807, 2.05) is 4.57 Å². The van der Waals surface area contributed by atoms with Crippen molar-refractivity contribution in [3.63, 3.8) is 0 Å². The third-order valence-corrected chi connectivity index (χ3v) is 7.02. The van der Waals surface area contributed by atoms with E-state index in [9.17, 15) is 8.42 Å². The summed E-state index contributed by atoms with van der Waals surface area (Å²) in [4.78, 5) is 4.17. The monoisotopic (exact) mass is 311 g/mol. The first kappa shape index (κ1) is 15.0. The van der Waals surface area contributed by atoms with Crippen molar-refractivity contribution in [2.45, 2.75) is 69.5 Å². The standard InChI is InChI=1S/C15H25N3O2S/c1-3-12(2)17-10-15(16-11-17)21(19,20)18-9-8-13-6-4-5-7-14(13)18/h10-14H,3-9H2,1-2H3/t12-,13+,14-/m0/s1. The Hall–Kier alpha value is -0.880. The van der Waals surface area contributed by atoms with Gasteiger partial charge < -0.3 is 4.57 Å². The molecule has 3 rings (SSSR count). The molecule has 0 radical (unpaired) electrons. The molecule has 1 saturated heterocycles. The van der Waals surface area contributed by atoms with E-state index in [1.54, 1.807) is 16.8 Å². The zero-order chi connectivity index (χ0) is 15.0. The van der Waals surface area contributed by atoms with Gasteiger partial charge in [0.1, 0.15) is 0 Å². The highest BCUT2D eigenvalue weighted by Gasteiger charge is 2.43. The third kappa shape index (κ3) is 2.63. The Morgan fingerprint density at radius 2 is 2.10 bits per heavy atom. The highest BCUT2D eigenvalue weighted by molar-refractivity contribution is 7.89. The molecule has 2 fully saturated rings. The summed E-state index contributed by atoms with van der Waals surface area (Å²) in [7, 11) is -3.43. The number of rotatable bonds is 4. The van der Waals surface area contributed by atoms with Gasteiger partial charge in [0, 0.05) is 24.8 Å². The van der Waals surface area contributed by atoms with Gasteiger partial charge in [-0.15, -0.1) is 0 Å². The Morgan fingerprint density at radius 1 is 1.33 bits per heavy atom. The van der Waals surface area contributed by atoms with Crippen molar-refractivity contribution in [3.05, 3.63) is 12.5 Å². The van der Waals surface area contributed by atoms with Crippen LogP contribution in [0.2, 0.25) is 0 Å². The van der Waals surface area contributed by atoms with Gasteiger partial charge in [-0.2, -0.15) is 4.31 Å². The summed E-state index contributed by atoms with van der Waals surface area (Å²) >= 11 is 0. The zero-order valence-corrected chi connectivity index (χ0v) is 13.7. The van der Waals surface area contributed by atoms with E-state index >= 15 is 0 Å². The van der Waals surface area contributed by atoms with E-state index in [2.05, 4.69) is 18.8 Å². The molecule has 2 heterocycles. The summed E-state index contributed by atoms with van der Waals surface area (Å²) in [6, 6.07) is 0.486. The van der Waals surface area contributed by atoms with E-state index in [1.165, 1.54) is 12.8 Å². The van der Waals surface area contributed by atoms with Gasteiger partial charge >= 0.3 is 0 Å². The molecule has 5 nitrogen and oxygen atoms in total. The second-order valence-electron chi connectivity index (χ2n) is 6.43. The van der Waals surface area contributed by atoms with Gasteiger partial charge in [-0.1, -0.05) is 19.8 Å². The lowest BCUT2D eigenvalue weighted by Gasteiger charge is -2.30. The predicted octanol–water partition coefficient (Wildman–Crippen LogP) is 2.81. The topological polar surface area (TPSA) is 55.2 Å². The molecule has 0 amide bonds. The maximum absolute atomic E-state index is 12.9. The summed E-state index contributed by atoms with van der Waals surface area (Å²) in [6.45, 7) is 4.82. The average molecular weight is 311 g/mol. The largest absolute Gasteiger partial charge is 0.333 e. The molecule has 0 spiro atoms. The molecule has 3 atom stereocenters. The second-order valence-corrected chi connectivity index (χ2v) is 8.27. The summed E-state index contributed by atoms with van der Waals surface area (Å²) < 4.78 is 29.4. The average Bonchev–Trinajstić information content (AvgIpc) is 3.13. The van der Waals surface area contributed by atoms with Gasteiger partial charge in [-0.25, -0.2) is 13.4 Å². The van der Waals surface area contributed by atoms with E-state index in [4.69, 9.17) is 0 Å². The first-order valence-electron chi connectivity index (χ1n) is 8.09. The Morgan fingerprint density at radius 3 is 2.86 bits per heavy atom. The minimum atomic E-state index is -3.43. The van der Waals surface area contributed by atoms with Crippen LogP contribution in [0.25, 0.3) is 0 Å². The van der Waals surface area contributed by atoms with Crippen molar-refractivity contribution in [1.82, 2.24) is 13.9 Å². The van der Waals surface area contributed by atoms with E-state index in [0.29, 0.717) is 12.5 Å². The van der Waals surface area contributed by atoms with Crippen LogP contribution < -0.4 is 0 Å². The van der Waals surface area contributed by atoms with Crippen LogP contribution in [0.4, 0.5) is 0 Å². The van der Waals surface area contributed by atoms with Crippen LogP contribution in [0.3, 0.4) is 0 Å². The van der Waals surface area contributed by atoms with Gasteiger partial charge in [0.15, 0.2) is 5.03 Å². The fraction of sp³-hybridized carbons (Fsp3) is 0.800. The summed E-state index contributed by atoms with van der Waals surface area (Å²) in [5, 5.41) is 0.217. The van der Waals surface area contributed by atoms with Crippen LogP contribution in [-0.2, 0) is 10.0 Å². The molecule has 0 bridgehead atoms. The lowest BCUT2D eigenvalue weighted by Crippen LogP contribution is -2.39. The van der Waals surface area contributed by atoms with Crippen LogP contribution in [0.1, 0.15) is 58.4 Å². The smallest absolute Gasteiger partial charge is 0.262 e. The molecule has 118 valence electrons. The van der Waals surface area contributed by atoms with Gasteiger partial charge in [0.2, 0.25) is 0 Å². The normalized spacial score (nSPS) is 28.5. The minimum absolute atomic E-state index is 0.206. The summed E-state index contributed by atoms with van der Waals surface area (Å²) in [6.07, 6.45) is 9.90. The summed E-state index contributed by atoms with van der Waals surface area (Å²) in [5.74, 6) is 0.560. The Labute approximate surface area is 127 Å². The van der Waals surface area contributed by atoms with E-state index < -0.39 is 10.0 Å². The van der Waals surface area contributed by atoms with Gasteiger partial charge in [0.05, 0.1) is 6.33 Å². The second kappa shape index (κ2) is 5.72. The molecule has 21 heavy (non-hydrogen) atoms. The molecule has 2 aliphatic rings. The quantitative estimate of drug-likeness (QED) is 0.859. The van der Waals surface area contributed by atoms with Crippen LogP contribution in [0.5, 0.6) is 0 Å². The third-order valence-electron chi connectivity index (χ3n) is 5.21. The molecular weight excluding hydrogens is 286 g/mol. The first-order chi connectivity index (χ1) is 10.0.